The molecule has 1 heterocycles. The fourth-order valence-electron chi connectivity index (χ4n) is 3.22. The van der Waals surface area contributed by atoms with Gasteiger partial charge in [0.2, 0.25) is 5.91 Å². The second-order valence-corrected chi connectivity index (χ2v) is 5.79. The van der Waals surface area contributed by atoms with E-state index in [-0.39, 0.29) is 12.0 Å². The van der Waals surface area contributed by atoms with Crippen LogP contribution in [0.4, 0.5) is 0 Å². The molecule has 2 aliphatic rings. The van der Waals surface area contributed by atoms with Gasteiger partial charge >= 0.3 is 0 Å². The average Bonchev–Trinajstić information content (AvgIpc) is 2.39. The fraction of sp³-hybridized carbons (Fsp3) is 0.929. The zero-order valence-electron chi connectivity index (χ0n) is 11.6. The fourth-order valence-corrected chi connectivity index (χ4v) is 3.22. The van der Waals surface area contributed by atoms with Crippen LogP contribution >= 0.6 is 0 Å². The van der Waals surface area contributed by atoms with Crippen molar-refractivity contribution in [3.63, 3.8) is 0 Å². The van der Waals surface area contributed by atoms with E-state index >= 15 is 0 Å². The van der Waals surface area contributed by atoms with Crippen molar-refractivity contribution in [1.29, 1.82) is 0 Å². The summed E-state index contributed by atoms with van der Waals surface area (Å²) in [5.41, 5.74) is 5.98. The Balaban J connectivity index is 1.80. The molecule has 1 amide bonds. The Morgan fingerprint density at radius 2 is 1.94 bits per heavy atom. The van der Waals surface area contributed by atoms with Crippen molar-refractivity contribution in [1.82, 2.24) is 9.80 Å². The summed E-state index contributed by atoms with van der Waals surface area (Å²) < 4.78 is 0. The SMILES string of the molecule is CCCN1CCN(C(=O)C2CCCC(N)C2)CC1. The molecule has 2 N–H and O–H groups in total. The smallest absolute Gasteiger partial charge is 0.225 e. The molecule has 1 aliphatic carbocycles. The second-order valence-electron chi connectivity index (χ2n) is 5.79. The molecule has 0 spiro atoms. The van der Waals surface area contributed by atoms with E-state index in [0.717, 1.165) is 58.4 Å². The number of nitrogens with two attached hydrogens (primary N) is 1. The lowest BCUT2D eigenvalue weighted by Gasteiger charge is -2.37. The first-order valence-corrected chi connectivity index (χ1v) is 7.47. The van der Waals surface area contributed by atoms with E-state index in [2.05, 4.69) is 16.7 Å². The van der Waals surface area contributed by atoms with Crippen molar-refractivity contribution in [2.75, 3.05) is 32.7 Å². The maximum Gasteiger partial charge on any atom is 0.225 e. The number of piperazine rings is 1. The van der Waals surface area contributed by atoms with Gasteiger partial charge in [0, 0.05) is 38.1 Å². The van der Waals surface area contributed by atoms with Gasteiger partial charge in [0.05, 0.1) is 0 Å². The van der Waals surface area contributed by atoms with Crippen LogP contribution in [0.2, 0.25) is 0 Å². The maximum atomic E-state index is 12.4. The molecule has 0 aromatic heterocycles. The Kier molecular flexibility index (Phi) is 5.01. The first-order chi connectivity index (χ1) is 8.70. The first-order valence-electron chi connectivity index (χ1n) is 7.47. The van der Waals surface area contributed by atoms with E-state index in [1.54, 1.807) is 0 Å². The number of amides is 1. The van der Waals surface area contributed by atoms with Crippen molar-refractivity contribution in [2.45, 2.75) is 45.1 Å². The van der Waals surface area contributed by atoms with E-state index in [9.17, 15) is 4.79 Å². The zero-order chi connectivity index (χ0) is 13.0. The van der Waals surface area contributed by atoms with E-state index in [1.807, 2.05) is 0 Å². The molecule has 0 bridgehead atoms. The van der Waals surface area contributed by atoms with Crippen LogP contribution in [-0.2, 0) is 4.79 Å². The Labute approximate surface area is 110 Å². The van der Waals surface area contributed by atoms with Crippen molar-refractivity contribution >= 4 is 5.91 Å². The van der Waals surface area contributed by atoms with Crippen molar-refractivity contribution in [3.05, 3.63) is 0 Å². The highest BCUT2D eigenvalue weighted by molar-refractivity contribution is 5.79. The third-order valence-corrected chi connectivity index (χ3v) is 4.29. The molecule has 1 aliphatic heterocycles. The highest BCUT2D eigenvalue weighted by atomic mass is 16.2. The molecule has 0 aromatic carbocycles. The maximum absolute atomic E-state index is 12.4. The number of rotatable bonds is 3. The minimum absolute atomic E-state index is 0.200. The standard InChI is InChI=1S/C14H27N3O/c1-2-6-16-7-9-17(10-8-16)14(18)12-4-3-5-13(15)11-12/h12-13H,2-11,15H2,1H3. The zero-order valence-corrected chi connectivity index (χ0v) is 11.6. The number of hydrogen-bond donors (Lipinski definition) is 1. The average molecular weight is 253 g/mol. The molecule has 2 rings (SSSR count). The third kappa shape index (κ3) is 3.45. The lowest BCUT2D eigenvalue weighted by atomic mass is 9.85. The summed E-state index contributed by atoms with van der Waals surface area (Å²) in [4.78, 5) is 16.9. The molecule has 2 unspecified atom stereocenters. The summed E-state index contributed by atoms with van der Waals surface area (Å²) in [5, 5.41) is 0. The van der Waals surface area contributed by atoms with E-state index < -0.39 is 0 Å². The Morgan fingerprint density at radius 1 is 1.22 bits per heavy atom. The third-order valence-electron chi connectivity index (χ3n) is 4.29. The summed E-state index contributed by atoms with van der Waals surface area (Å²) in [5.74, 6) is 0.563. The number of carbonyl (C=O) groups is 1. The van der Waals surface area contributed by atoms with E-state index in [1.165, 1.54) is 6.42 Å². The number of carbonyl (C=O) groups excluding carboxylic acids is 1. The van der Waals surface area contributed by atoms with Crippen LogP contribution in [0.3, 0.4) is 0 Å². The van der Waals surface area contributed by atoms with Crippen LogP contribution < -0.4 is 5.73 Å². The largest absolute Gasteiger partial charge is 0.340 e. The van der Waals surface area contributed by atoms with Crippen LogP contribution in [-0.4, -0.2) is 54.5 Å². The molecular formula is C14H27N3O. The van der Waals surface area contributed by atoms with E-state index in [0.29, 0.717) is 5.91 Å². The van der Waals surface area contributed by atoms with E-state index in [4.69, 9.17) is 5.73 Å². The summed E-state index contributed by atoms with van der Waals surface area (Å²) in [6.07, 6.45) is 5.35. The van der Waals surface area contributed by atoms with Gasteiger partial charge in [-0.25, -0.2) is 0 Å². The molecule has 4 nitrogen and oxygen atoms in total. The minimum Gasteiger partial charge on any atom is -0.340 e. The van der Waals surface area contributed by atoms with Crippen molar-refractivity contribution in [2.24, 2.45) is 11.7 Å². The van der Waals surface area contributed by atoms with Gasteiger partial charge in [-0.3, -0.25) is 9.69 Å². The summed E-state index contributed by atoms with van der Waals surface area (Å²) in [6.45, 7) is 7.27. The lowest BCUT2D eigenvalue weighted by Crippen LogP contribution is -2.51. The van der Waals surface area contributed by atoms with Crippen LogP contribution in [0.15, 0.2) is 0 Å². The first kappa shape index (κ1) is 13.8. The van der Waals surface area contributed by atoms with Gasteiger partial charge in [-0.15, -0.1) is 0 Å². The second kappa shape index (κ2) is 6.53. The topological polar surface area (TPSA) is 49.6 Å². The molecule has 2 fully saturated rings. The Hall–Kier alpha value is -0.610. The van der Waals surface area contributed by atoms with Crippen molar-refractivity contribution < 1.29 is 4.79 Å². The number of hydrogen-bond acceptors (Lipinski definition) is 3. The lowest BCUT2D eigenvalue weighted by molar-refractivity contribution is -0.138. The number of nitrogens with zero attached hydrogens (tertiary/aromatic N) is 2. The van der Waals surface area contributed by atoms with Gasteiger partial charge in [-0.1, -0.05) is 13.3 Å². The summed E-state index contributed by atoms with van der Waals surface area (Å²) in [6, 6.07) is 0.245. The minimum atomic E-state index is 0.200. The Morgan fingerprint density at radius 3 is 2.56 bits per heavy atom. The molecule has 18 heavy (non-hydrogen) atoms. The van der Waals surface area contributed by atoms with Gasteiger partial charge in [-0.05, 0) is 32.2 Å². The van der Waals surface area contributed by atoms with Gasteiger partial charge in [-0.2, -0.15) is 0 Å². The quantitative estimate of drug-likeness (QED) is 0.818. The Bertz CT molecular complexity index is 274. The summed E-state index contributed by atoms with van der Waals surface area (Å²) in [7, 11) is 0. The van der Waals surface area contributed by atoms with Crippen LogP contribution in [0.5, 0.6) is 0 Å². The van der Waals surface area contributed by atoms with Crippen LogP contribution in [0, 0.1) is 5.92 Å². The molecule has 2 atom stereocenters. The van der Waals surface area contributed by atoms with Gasteiger partial charge in [0.25, 0.3) is 0 Å². The van der Waals surface area contributed by atoms with Crippen LogP contribution in [0.25, 0.3) is 0 Å². The molecule has 0 aromatic rings. The van der Waals surface area contributed by atoms with Gasteiger partial charge in [0.1, 0.15) is 0 Å². The predicted molar refractivity (Wildman–Crippen MR) is 73.2 cm³/mol. The van der Waals surface area contributed by atoms with Gasteiger partial charge < -0.3 is 10.6 Å². The van der Waals surface area contributed by atoms with Gasteiger partial charge in [0.15, 0.2) is 0 Å². The molecule has 1 saturated carbocycles. The predicted octanol–water partition coefficient (Wildman–Crippen LogP) is 1.06. The molecule has 0 radical (unpaired) electrons. The molecule has 104 valence electrons. The highest BCUT2D eigenvalue weighted by Crippen LogP contribution is 2.25. The molecule has 4 heteroatoms. The monoisotopic (exact) mass is 253 g/mol. The van der Waals surface area contributed by atoms with Crippen molar-refractivity contribution in [3.8, 4) is 0 Å². The molecular weight excluding hydrogens is 226 g/mol. The van der Waals surface area contributed by atoms with Crippen LogP contribution in [0.1, 0.15) is 39.0 Å². The summed E-state index contributed by atoms with van der Waals surface area (Å²) >= 11 is 0. The normalized spacial score (nSPS) is 30.4. The molecule has 1 saturated heterocycles. The highest BCUT2D eigenvalue weighted by Gasteiger charge is 2.30.